The van der Waals surface area contributed by atoms with Crippen LogP contribution in [0.5, 0.6) is 0 Å². The molecule has 0 atom stereocenters. The lowest BCUT2D eigenvalue weighted by Gasteiger charge is -2.10. The number of benzene rings is 2. The fourth-order valence-electron chi connectivity index (χ4n) is 2.35. The van der Waals surface area contributed by atoms with E-state index in [9.17, 15) is 13.2 Å². The SMILES string of the molecule is Cc1cc(C)c(/C=N\Nc2cc(C(F)(F)F)ccc2Cl)c(C)c1. The molecule has 0 unspecified atom stereocenters. The Kier molecular flexibility index (Phi) is 5.00. The van der Waals surface area contributed by atoms with E-state index in [0.29, 0.717) is 0 Å². The topological polar surface area (TPSA) is 24.4 Å². The number of hydrogen-bond acceptors (Lipinski definition) is 2. The smallest absolute Gasteiger partial charge is 0.277 e. The maximum absolute atomic E-state index is 12.7. The van der Waals surface area contributed by atoms with Gasteiger partial charge in [-0.15, -0.1) is 0 Å². The number of alkyl halides is 3. The minimum absolute atomic E-state index is 0.111. The molecule has 0 saturated heterocycles. The zero-order valence-electron chi connectivity index (χ0n) is 12.9. The molecule has 23 heavy (non-hydrogen) atoms. The Morgan fingerprint density at radius 2 is 1.65 bits per heavy atom. The molecule has 0 bridgehead atoms. The van der Waals surface area contributed by atoms with Crippen molar-refractivity contribution in [3.63, 3.8) is 0 Å². The first-order chi connectivity index (χ1) is 10.7. The summed E-state index contributed by atoms with van der Waals surface area (Å²) in [7, 11) is 0. The molecule has 0 aromatic heterocycles. The summed E-state index contributed by atoms with van der Waals surface area (Å²) >= 11 is 5.91. The average Bonchev–Trinajstić information content (AvgIpc) is 2.42. The quantitative estimate of drug-likeness (QED) is 0.560. The molecule has 2 nitrogen and oxygen atoms in total. The van der Waals surface area contributed by atoms with Crippen molar-refractivity contribution in [3.05, 3.63) is 63.2 Å². The Bertz CT molecular complexity index is 729. The van der Waals surface area contributed by atoms with Crippen LogP contribution in [-0.2, 0) is 6.18 Å². The summed E-state index contributed by atoms with van der Waals surface area (Å²) in [6.45, 7) is 5.92. The Balaban J connectivity index is 2.24. The molecule has 0 saturated carbocycles. The highest BCUT2D eigenvalue weighted by molar-refractivity contribution is 6.33. The van der Waals surface area contributed by atoms with E-state index < -0.39 is 11.7 Å². The molecule has 0 radical (unpaired) electrons. The maximum Gasteiger partial charge on any atom is 0.416 e. The molecular weight excluding hydrogens is 325 g/mol. The molecule has 0 fully saturated rings. The van der Waals surface area contributed by atoms with Gasteiger partial charge in [-0.3, -0.25) is 5.43 Å². The van der Waals surface area contributed by atoms with Gasteiger partial charge in [0.15, 0.2) is 0 Å². The minimum Gasteiger partial charge on any atom is -0.277 e. The lowest BCUT2D eigenvalue weighted by Crippen LogP contribution is -2.05. The molecule has 2 aromatic carbocycles. The largest absolute Gasteiger partial charge is 0.416 e. The standard InChI is InChI=1S/C17H16ClF3N2/c1-10-6-11(2)14(12(3)7-10)9-22-23-16-8-13(17(19,20)21)4-5-15(16)18/h4-9,23H,1-3H3/b22-9-. The second-order valence-corrected chi connectivity index (χ2v) is 5.78. The van der Waals surface area contributed by atoms with Crippen molar-refractivity contribution in [2.75, 3.05) is 5.43 Å². The van der Waals surface area contributed by atoms with Crippen LogP contribution in [0.15, 0.2) is 35.4 Å². The molecule has 0 aliphatic rings. The summed E-state index contributed by atoms with van der Waals surface area (Å²) in [4.78, 5) is 0. The van der Waals surface area contributed by atoms with Crippen molar-refractivity contribution in [1.29, 1.82) is 0 Å². The first kappa shape index (κ1) is 17.3. The van der Waals surface area contributed by atoms with Crippen LogP contribution in [0.2, 0.25) is 5.02 Å². The molecule has 6 heteroatoms. The van der Waals surface area contributed by atoms with E-state index in [-0.39, 0.29) is 10.7 Å². The first-order valence-electron chi connectivity index (χ1n) is 6.92. The number of hydrazone groups is 1. The highest BCUT2D eigenvalue weighted by atomic mass is 35.5. The number of halogens is 4. The van der Waals surface area contributed by atoms with E-state index in [2.05, 4.69) is 10.5 Å². The Labute approximate surface area is 138 Å². The van der Waals surface area contributed by atoms with Crippen LogP contribution in [0.25, 0.3) is 0 Å². The Morgan fingerprint density at radius 3 is 2.22 bits per heavy atom. The van der Waals surface area contributed by atoms with Gasteiger partial charge < -0.3 is 0 Å². The van der Waals surface area contributed by atoms with Gasteiger partial charge in [0.05, 0.1) is 22.5 Å². The summed E-state index contributed by atoms with van der Waals surface area (Å²) in [5.74, 6) is 0. The highest BCUT2D eigenvalue weighted by Gasteiger charge is 2.30. The first-order valence-corrected chi connectivity index (χ1v) is 7.30. The number of nitrogens with one attached hydrogen (secondary N) is 1. The van der Waals surface area contributed by atoms with Gasteiger partial charge in [0.1, 0.15) is 0 Å². The van der Waals surface area contributed by atoms with Crippen LogP contribution in [0.3, 0.4) is 0 Å². The van der Waals surface area contributed by atoms with Gasteiger partial charge in [-0.25, -0.2) is 0 Å². The summed E-state index contributed by atoms with van der Waals surface area (Å²) < 4.78 is 38.2. The van der Waals surface area contributed by atoms with Crippen molar-refractivity contribution < 1.29 is 13.2 Å². The van der Waals surface area contributed by atoms with Crippen molar-refractivity contribution in [2.24, 2.45) is 5.10 Å². The third-order valence-electron chi connectivity index (χ3n) is 3.41. The van der Waals surface area contributed by atoms with Gasteiger partial charge >= 0.3 is 6.18 Å². The summed E-state index contributed by atoms with van der Waals surface area (Å²) in [6, 6.07) is 7.11. The van der Waals surface area contributed by atoms with Gasteiger partial charge in [0.2, 0.25) is 0 Å². The third kappa shape index (κ3) is 4.26. The van der Waals surface area contributed by atoms with Crippen molar-refractivity contribution in [2.45, 2.75) is 26.9 Å². The number of nitrogens with zero attached hydrogens (tertiary/aromatic N) is 1. The number of hydrogen-bond donors (Lipinski definition) is 1. The predicted octanol–water partition coefficient (Wildman–Crippen LogP) is 5.73. The van der Waals surface area contributed by atoms with E-state index >= 15 is 0 Å². The number of rotatable bonds is 3. The van der Waals surface area contributed by atoms with Crippen LogP contribution >= 0.6 is 11.6 Å². The van der Waals surface area contributed by atoms with E-state index in [1.165, 1.54) is 6.07 Å². The Hall–Kier alpha value is -2.01. The molecule has 122 valence electrons. The maximum atomic E-state index is 12.7. The normalized spacial score (nSPS) is 12.0. The summed E-state index contributed by atoms with van der Waals surface area (Å²) in [5, 5.41) is 4.19. The van der Waals surface area contributed by atoms with E-state index in [1.54, 1.807) is 6.21 Å². The van der Waals surface area contributed by atoms with Gasteiger partial charge in [0.25, 0.3) is 0 Å². The molecule has 2 rings (SSSR count). The molecule has 0 aliphatic heterocycles. The molecule has 1 N–H and O–H groups in total. The monoisotopic (exact) mass is 340 g/mol. The average molecular weight is 341 g/mol. The minimum atomic E-state index is -4.42. The van der Waals surface area contributed by atoms with E-state index in [4.69, 9.17) is 11.6 Å². The van der Waals surface area contributed by atoms with Crippen LogP contribution in [0.1, 0.15) is 27.8 Å². The fraction of sp³-hybridized carbons (Fsp3) is 0.235. The predicted molar refractivity (Wildman–Crippen MR) is 88.3 cm³/mol. The summed E-state index contributed by atoms with van der Waals surface area (Å²) in [6.07, 6.45) is -2.84. The Morgan fingerprint density at radius 1 is 1.04 bits per heavy atom. The van der Waals surface area contributed by atoms with Crippen molar-refractivity contribution in [1.82, 2.24) is 0 Å². The van der Waals surface area contributed by atoms with Gasteiger partial charge in [0, 0.05) is 5.56 Å². The highest BCUT2D eigenvalue weighted by Crippen LogP contribution is 2.33. The van der Waals surface area contributed by atoms with Crippen LogP contribution in [0.4, 0.5) is 18.9 Å². The van der Waals surface area contributed by atoms with Gasteiger partial charge in [-0.1, -0.05) is 29.3 Å². The van der Waals surface area contributed by atoms with E-state index in [1.807, 2.05) is 32.9 Å². The molecule has 2 aromatic rings. The molecule has 0 spiro atoms. The molecule has 0 heterocycles. The summed E-state index contributed by atoms with van der Waals surface area (Å²) in [5.41, 5.74) is 6.07. The zero-order valence-corrected chi connectivity index (χ0v) is 13.7. The lowest BCUT2D eigenvalue weighted by molar-refractivity contribution is -0.137. The lowest BCUT2D eigenvalue weighted by atomic mass is 10.0. The number of anilines is 1. The molecular formula is C17H16ClF3N2. The second kappa shape index (κ2) is 6.62. The van der Waals surface area contributed by atoms with E-state index in [0.717, 1.165) is 34.4 Å². The van der Waals surface area contributed by atoms with Crippen LogP contribution < -0.4 is 5.43 Å². The van der Waals surface area contributed by atoms with Gasteiger partial charge in [-0.2, -0.15) is 18.3 Å². The number of aryl methyl sites for hydroxylation is 3. The van der Waals surface area contributed by atoms with Crippen molar-refractivity contribution >= 4 is 23.5 Å². The molecule has 0 amide bonds. The van der Waals surface area contributed by atoms with Gasteiger partial charge in [-0.05, 0) is 50.1 Å². The van der Waals surface area contributed by atoms with Crippen LogP contribution in [-0.4, -0.2) is 6.21 Å². The zero-order chi connectivity index (χ0) is 17.2. The van der Waals surface area contributed by atoms with Crippen LogP contribution in [0, 0.1) is 20.8 Å². The van der Waals surface area contributed by atoms with Crippen molar-refractivity contribution in [3.8, 4) is 0 Å². The molecule has 0 aliphatic carbocycles. The third-order valence-corrected chi connectivity index (χ3v) is 3.74. The second-order valence-electron chi connectivity index (χ2n) is 5.37. The fourth-order valence-corrected chi connectivity index (χ4v) is 2.51.